The maximum atomic E-state index is 14.2. The van der Waals surface area contributed by atoms with Gasteiger partial charge in [0.05, 0.1) is 11.7 Å². The summed E-state index contributed by atoms with van der Waals surface area (Å²) in [6.45, 7) is 3.90. The minimum atomic E-state index is -4.67. The van der Waals surface area contributed by atoms with Crippen LogP contribution < -0.4 is 5.32 Å². The van der Waals surface area contributed by atoms with Crippen molar-refractivity contribution in [1.82, 2.24) is 9.97 Å². The average Bonchev–Trinajstić information content (AvgIpc) is 2.54. The van der Waals surface area contributed by atoms with E-state index in [1.807, 2.05) is 0 Å². The Morgan fingerprint density at radius 2 is 1.82 bits per heavy atom. The lowest BCUT2D eigenvalue weighted by atomic mass is 10.1. The van der Waals surface area contributed by atoms with Crippen LogP contribution in [0.3, 0.4) is 0 Å². The minimum Gasteiger partial charge on any atom is -0.457 e. The number of hydrogen-bond acceptors (Lipinski definition) is 5. The molecule has 0 radical (unpaired) electrons. The molecule has 11 heteroatoms. The number of carbonyl (C=O) groups excluding carboxylic acids is 1. The van der Waals surface area contributed by atoms with E-state index < -0.39 is 52.7 Å². The molecule has 1 atom stereocenters. The second-order valence-corrected chi connectivity index (χ2v) is 6.41. The first-order chi connectivity index (χ1) is 12.9. The van der Waals surface area contributed by atoms with Gasteiger partial charge in [0.2, 0.25) is 5.82 Å². The second-order valence-electron chi connectivity index (χ2n) is 6.05. The molecule has 5 nitrogen and oxygen atoms in total. The van der Waals surface area contributed by atoms with Gasteiger partial charge in [0.1, 0.15) is 28.6 Å². The van der Waals surface area contributed by atoms with E-state index >= 15 is 0 Å². The topological polar surface area (TPSA) is 64.1 Å². The van der Waals surface area contributed by atoms with Gasteiger partial charge in [0.25, 0.3) is 0 Å². The van der Waals surface area contributed by atoms with Crippen LogP contribution in [0.5, 0.6) is 0 Å². The van der Waals surface area contributed by atoms with Gasteiger partial charge in [-0.3, -0.25) is 0 Å². The number of aromatic nitrogens is 2. The average molecular weight is 424 g/mol. The molecular weight excluding hydrogens is 409 g/mol. The number of hydrogen-bond donors (Lipinski definition) is 1. The van der Waals surface area contributed by atoms with Gasteiger partial charge < -0.3 is 10.1 Å². The zero-order chi connectivity index (χ0) is 21.2. The molecule has 0 spiro atoms. The van der Waals surface area contributed by atoms with Crippen molar-refractivity contribution in [2.24, 2.45) is 0 Å². The fourth-order valence-electron chi connectivity index (χ4n) is 2.11. The molecule has 0 aliphatic heterocycles. The fourth-order valence-corrected chi connectivity index (χ4v) is 2.39. The van der Waals surface area contributed by atoms with Gasteiger partial charge in [-0.15, -0.1) is 0 Å². The molecule has 0 amide bonds. The molecule has 1 aromatic heterocycles. The van der Waals surface area contributed by atoms with E-state index in [-0.39, 0.29) is 11.1 Å². The highest BCUT2D eigenvalue weighted by Crippen LogP contribution is 2.36. The summed E-state index contributed by atoms with van der Waals surface area (Å²) < 4.78 is 71.2. The highest BCUT2D eigenvalue weighted by Gasteiger charge is 2.37. The summed E-state index contributed by atoms with van der Waals surface area (Å²) >= 11 is 6.02. The molecular formula is C17H15ClF5N3O2. The number of benzene rings is 1. The molecule has 2 aromatic rings. The summed E-state index contributed by atoms with van der Waals surface area (Å²) in [5.41, 5.74) is -0.691. The Labute approximate surface area is 161 Å². The quantitative estimate of drug-likeness (QED) is 0.416. The van der Waals surface area contributed by atoms with E-state index in [0.29, 0.717) is 6.07 Å². The van der Waals surface area contributed by atoms with E-state index in [4.69, 9.17) is 16.3 Å². The van der Waals surface area contributed by atoms with Crippen LogP contribution in [0.15, 0.2) is 18.2 Å². The lowest BCUT2D eigenvalue weighted by Crippen LogP contribution is -2.34. The third kappa shape index (κ3) is 5.06. The number of nitrogens with one attached hydrogen (secondary N) is 1. The Morgan fingerprint density at radius 3 is 2.36 bits per heavy atom. The van der Waals surface area contributed by atoms with Gasteiger partial charge in [-0.2, -0.15) is 13.2 Å². The Morgan fingerprint density at radius 1 is 1.18 bits per heavy atom. The summed E-state index contributed by atoms with van der Waals surface area (Å²) in [5, 5.41) is 1.55. The van der Waals surface area contributed by atoms with Crippen LogP contribution in [-0.4, -0.2) is 34.3 Å². The third-order valence-corrected chi connectivity index (χ3v) is 3.71. The van der Waals surface area contributed by atoms with Gasteiger partial charge in [-0.05, 0) is 32.9 Å². The third-order valence-electron chi connectivity index (χ3n) is 3.43. The van der Waals surface area contributed by atoms with Crippen molar-refractivity contribution in [3.05, 3.63) is 40.8 Å². The largest absolute Gasteiger partial charge is 0.457 e. The van der Waals surface area contributed by atoms with Crippen molar-refractivity contribution in [3.8, 4) is 11.1 Å². The van der Waals surface area contributed by atoms with Crippen LogP contribution in [-0.2, 0) is 4.74 Å². The number of halogens is 6. The fraction of sp³-hybridized carbons (Fsp3) is 0.353. The molecule has 1 heterocycles. The summed E-state index contributed by atoms with van der Waals surface area (Å²) in [7, 11) is 0. The normalized spacial score (nSPS) is 12.8. The standard InChI is InChI=1S/C17H15ClF5N3O2/c1-7(2)28-16(27)15-25-13(18)12(10-5-4-9(19)6-11(10)20)14(26-15)24-8(3)17(21,22)23/h4-8H,1-3H3,(H,24,25,26)/t8-/m0/s1. The van der Waals surface area contributed by atoms with E-state index in [2.05, 4.69) is 15.3 Å². The second kappa shape index (κ2) is 8.26. The molecule has 1 aromatic carbocycles. The number of ether oxygens (including phenoxy) is 1. The molecule has 2 rings (SSSR count). The molecule has 152 valence electrons. The van der Waals surface area contributed by atoms with E-state index in [1.54, 1.807) is 13.8 Å². The van der Waals surface area contributed by atoms with Gasteiger partial charge in [0, 0.05) is 11.6 Å². The van der Waals surface area contributed by atoms with Gasteiger partial charge in [-0.1, -0.05) is 11.6 Å². The highest BCUT2D eigenvalue weighted by atomic mass is 35.5. The minimum absolute atomic E-state index is 0.341. The van der Waals surface area contributed by atoms with E-state index in [0.717, 1.165) is 19.1 Å². The highest BCUT2D eigenvalue weighted by molar-refractivity contribution is 6.32. The van der Waals surface area contributed by atoms with Crippen LogP contribution in [0, 0.1) is 11.6 Å². The van der Waals surface area contributed by atoms with Crippen molar-refractivity contribution in [2.45, 2.75) is 39.1 Å². The maximum Gasteiger partial charge on any atom is 0.408 e. The van der Waals surface area contributed by atoms with Crippen molar-refractivity contribution in [3.63, 3.8) is 0 Å². The Bertz CT molecular complexity index is 890. The summed E-state index contributed by atoms with van der Waals surface area (Å²) in [5.74, 6) is -4.17. The first-order valence-corrected chi connectivity index (χ1v) is 8.35. The number of esters is 1. The number of nitrogens with zero attached hydrogens (tertiary/aromatic N) is 2. The number of alkyl halides is 3. The lowest BCUT2D eigenvalue weighted by molar-refractivity contribution is -0.138. The van der Waals surface area contributed by atoms with Crippen LogP contribution >= 0.6 is 11.6 Å². The van der Waals surface area contributed by atoms with E-state index in [9.17, 15) is 26.7 Å². The number of anilines is 1. The first-order valence-electron chi connectivity index (χ1n) is 7.97. The summed E-state index contributed by atoms with van der Waals surface area (Å²) in [4.78, 5) is 19.5. The number of rotatable bonds is 5. The molecule has 1 N–H and O–H groups in total. The van der Waals surface area contributed by atoms with Crippen molar-refractivity contribution >= 4 is 23.4 Å². The first kappa shape index (κ1) is 21.8. The van der Waals surface area contributed by atoms with Crippen LogP contribution in [0.4, 0.5) is 27.8 Å². The zero-order valence-corrected chi connectivity index (χ0v) is 15.6. The maximum absolute atomic E-state index is 14.2. The Hall–Kier alpha value is -2.49. The summed E-state index contributed by atoms with van der Waals surface area (Å²) in [6, 6.07) is 0.288. The SMILES string of the molecule is CC(C)OC(=O)c1nc(Cl)c(-c2ccc(F)cc2F)c(N[C@@H](C)C(F)(F)F)n1. The molecule has 0 aliphatic carbocycles. The molecule has 28 heavy (non-hydrogen) atoms. The van der Waals surface area contributed by atoms with Gasteiger partial charge in [0.15, 0.2) is 0 Å². The van der Waals surface area contributed by atoms with Crippen molar-refractivity contribution in [2.75, 3.05) is 5.32 Å². The monoisotopic (exact) mass is 423 g/mol. The molecule has 0 aliphatic rings. The van der Waals surface area contributed by atoms with Gasteiger partial charge in [-0.25, -0.2) is 23.5 Å². The van der Waals surface area contributed by atoms with Crippen molar-refractivity contribution in [1.29, 1.82) is 0 Å². The summed E-state index contributed by atoms with van der Waals surface area (Å²) in [6.07, 6.45) is -5.22. The molecule has 0 saturated heterocycles. The van der Waals surface area contributed by atoms with E-state index in [1.165, 1.54) is 0 Å². The Balaban J connectivity index is 2.64. The molecule has 0 fully saturated rings. The Kier molecular flexibility index (Phi) is 6.43. The zero-order valence-electron chi connectivity index (χ0n) is 14.9. The molecule has 0 bridgehead atoms. The van der Waals surface area contributed by atoms with Crippen LogP contribution in [0.2, 0.25) is 5.15 Å². The predicted molar refractivity (Wildman–Crippen MR) is 92.1 cm³/mol. The molecule has 0 unspecified atom stereocenters. The lowest BCUT2D eigenvalue weighted by Gasteiger charge is -2.21. The van der Waals surface area contributed by atoms with Crippen molar-refractivity contribution < 1.29 is 31.5 Å². The number of carbonyl (C=O) groups is 1. The molecule has 0 saturated carbocycles. The smallest absolute Gasteiger partial charge is 0.408 e. The van der Waals surface area contributed by atoms with Crippen LogP contribution in [0.25, 0.3) is 11.1 Å². The van der Waals surface area contributed by atoms with Crippen LogP contribution in [0.1, 0.15) is 31.4 Å². The predicted octanol–water partition coefficient (Wildman–Crippen LogP) is 5.00. The van der Waals surface area contributed by atoms with Gasteiger partial charge >= 0.3 is 12.1 Å².